The first-order chi connectivity index (χ1) is 9.24. The van der Waals surface area contributed by atoms with Gasteiger partial charge < -0.3 is 11.1 Å². The van der Waals surface area contributed by atoms with E-state index in [1.807, 2.05) is 12.1 Å². The molecule has 0 aromatic heterocycles. The molecule has 98 valence electrons. The van der Waals surface area contributed by atoms with E-state index in [0.717, 1.165) is 14.9 Å². The van der Waals surface area contributed by atoms with E-state index in [1.165, 1.54) is 42.5 Å². The Hall–Kier alpha value is -1.23. The molecule has 0 fully saturated rings. The Labute approximate surface area is 127 Å². The Morgan fingerprint density at radius 1 is 1.00 bits per heavy atom. The predicted octanol–water partition coefficient (Wildman–Crippen LogP) is 4.50. The fraction of sp³-hybridized carbons (Fsp3) is 0.250. The zero-order chi connectivity index (χ0) is 13.2. The van der Waals surface area contributed by atoms with Crippen molar-refractivity contribution in [2.24, 2.45) is 0 Å². The van der Waals surface area contributed by atoms with Gasteiger partial charge in [-0.25, -0.2) is 0 Å². The van der Waals surface area contributed by atoms with Crippen molar-refractivity contribution < 1.29 is 0 Å². The number of hydrogen-bond donors (Lipinski definition) is 2. The molecule has 2 nitrogen and oxygen atoms in total. The minimum absolute atomic E-state index is 0.810. The van der Waals surface area contributed by atoms with Gasteiger partial charge in [0, 0.05) is 14.9 Å². The van der Waals surface area contributed by atoms with Crippen molar-refractivity contribution in [1.82, 2.24) is 0 Å². The second kappa shape index (κ2) is 5.41. The van der Waals surface area contributed by atoms with Crippen molar-refractivity contribution in [3.05, 3.63) is 51.1 Å². The average molecular weight is 364 g/mol. The Morgan fingerprint density at radius 2 is 1.84 bits per heavy atom. The fourth-order valence-electron chi connectivity index (χ4n) is 2.68. The second-order valence-electron chi connectivity index (χ2n) is 5.01. The molecule has 0 saturated carbocycles. The standard InChI is InChI=1S/C16H17IN2/c17-14-10-12(18)8-9-16(14)19-15-7-3-5-11-4-1-2-6-13(11)15/h3,5,7-10,19H,1-2,4,6,18H2. The van der Waals surface area contributed by atoms with Gasteiger partial charge in [0.1, 0.15) is 0 Å². The maximum absolute atomic E-state index is 5.80. The highest BCUT2D eigenvalue weighted by molar-refractivity contribution is 14.1. The topological polar surface area (TPSA) is 38.0 Å². The summed E-state index contributed by atoms with van der Waals surface area (Å²) in [7, 11) is 0. The van der Waals surface area contributed by atoms with Crippen LogP contribution in [0, 0.1) is 3.57 Å². The molecule has 0 bridgehead atoms. The van der Waals surface area contributed by atoms with Crippen molar-refractivity contribution in [2.45, 2.75) is 25.7 Å². The van der Waals surface area contributed by atoms with Crippen LogP contribution in [-0.4, -0.2) is 0 Å². The van der Waals surface area contributed by atoms with Gasteiger partial charge in [-0.05, 0) is 83.7 Å². The third kappa shape index (κ3) is 2.71. The molecule has 0 aliphatic heterocycles. The van der Waals surface area contributed by atoms with Crippen molar-refractivity contribution >= 4 is 39.7 Å². The average Bonchev–Trinajstić information content (AvgIpc) is 2.42. The lowest BCUT2D eigenvalue weighted by molar-refractivity contribution is 0.687. The number of nitrogens with one attached hydrogen (secondary N) is 1. The van der Waals surface area contributed by atoms with E-state index in [-0.39, 0.29) is 0 Å². The quantitative estimate of drug-likeness (QED) is 0.609. The molecule has 0 saturated heterocycles. The smallest absolute Gasteiger partial charge is 0.0521 e. The number of benzene rings is 2. The minimum atomic E-state index is 0.810. The van der Waals surface area contributed by atoms with E-state index < -0.39 is 0 Å². The zero-order valence-corrected chi connectivity index (χ0v) is 12.9. The van der Waals surface area contributed by atoms with E-state index >= 15 is 0 Å². The normalized spacial score (nSPS) is 13.9. The number of fused-ring (bicyclic) bond motifs is 1. The van der Waals surface area contributed by atoms with Crippen LogP contribution in [0.3, 0.4) is 0 Å². The molecule has 1 aliphatic rings. The molecule has 3 heteroatoms. The molecule has 0 radical (unpaired) electrons. The van der Waals surface area contributed by atoms with Gasteiger partial charge in [0.15, 0.2) is 0 Å². The molecule has 0 amide bonds. The Kier molecular flexibility index (Phi) is 3.64. The van der Waals surface area contributed by atoms with Crippen LogP contribution in [0.2, 0.25) is 0 Å². The van der Waals surface area contributed by atoms with E-state index in [2.05, 4.69) is 52.2 Å². The van der Waals surface area contributed by atoms with E-state index in [9.17, 15) is 0 Å². The van der Waals surface area contributed by atoms with Gasteiger partial charge in [-0.1, -0.05) is 12.1 Å². The Morgan fingerprint density at radius 3 is 2.68 bits per heavy atom. The van der Waals surface area contributed by atoms with Gasteiger partial charge >= 0.3 is 0 Å². The van der Waals surface area contributed by atoms with Crippen LogP contribution in [0.25, 0.3) is 0 Å². The highest BCUT2D eigenvalue weighted by Gasteiger charge is 2.13. The van der Waals surface area contributed by atoms with Gasteiger partial charge in [0.2, 0.25) is 0 Å². The molecular weight excluding hydrogens is 347 g/mol. The Bertz CT molecular complexity index is 608. The summed E-state index contributed by atoms with van der Waals surface area (Å²) in [4.78, 5) is 0. The third-order valence-corrected chi connectivity index (χ3v) is 4.55. The van der Waals surface area contributed by atoms with E-state index in [0.29, 0.717) is 0 Å². The third-order valence-electron chi connectivity index (χ3n) is 3.66. The first-order valence-electron chi connectivity index (χ1n) is 6.67. The predicted molar refractivity (Wildman–Crippen MR) is 89.9 cm³/mol. The van der Waals surface area contributed by atoms with Crippen LogP contribution in [-0.2, 0) is 12.8 Å². The molecule has 0 atom stereocenters. The molecule has 3 N–H and O–H groups in total. The van der Waals surface area contributed by atoms with Gasteiger partial charge in [-0.15, -0.1) is 0 Å². The number of rotatable bonds is 2. The lowest BCUT2D eigenvalue weighted by Gasteiger charge is -2.20. The van der Waals surface area contributed by atoms with Crippen LogP contribution in [0.4, 0.5) is 17.1 Å². The van der Waals surface area contributed by atoms with Crippen LogP contribution >= 0.6 is 22.6 Å². The van der Waals surface area contributed by atoms with Crippen LogP contribution in [0.15, 0.2) is 36.4 Å². The van der Waals surface area contributed by atoms with Crippen LogP contribution in [0.1, 0.15) is 24.0 Å². The van der Waals surface area contributed by atoms with Crippen molar-refractivity contribution in [3.8, 4) is 0 Å². The second-order valence-corrected chi connectivity index (χ2v) is 6.18. The zero-order valence-electron chi connectivity index (χ0n) is 10.7. The number of aryl methyl sites for hydroxylation is 1. The van der Waals surface area contributed by atoms with Crippen LogP contribution in [0.5, 0.6) is 0 Å². The van der Waals surface area contributed by atoms with Crippen molar-refractivity contribution in [2.75, 3.05) is 11.1 Å². The van der Waals surface area contributed by atoms with E-state index in [4.69, 9.17) is 5.73 Å². The number of anilines is 3. The van der Waals surface area contributed by atoms with Gasteiger partial charge in [0.25, 0.3) is 0 Å². The fourth-order valence-corrected chi connectivity index (χ4v) is 3.35. The summed E-state index contributed by atoms with van der Waals surface area (Å²) < 4.78 is 1.16. The number of nitrogen functional groups attached to an aromatic ring is 1. The summed E-state index contributed by atoms with van der Waals surface area (Å²) in [5, 5.41) is 3.56. The number of halogens is 1. The summed E-state index contributed by atoms with van der Waals surface area (Å²) >= 11 is 2.33. The summed E-state index contributed by atoms with van der Waals surface area (Å²) in [6.07, 6.45) is 5.01. The minimum Gasteiger partial charge on any atom is -0.399 e. The summed E-state index contributed by atoms with van der Waals surface area (Å²) in [6, 6.07) is 12.6. The van der Waals surface area contributed by atoms with Gasteiger partial charge in [-0.3, -0.25) is 0 Å². The Balaban J connectivity index is 1.95. The highest BCUT2D eigenvalue weighted by atomic mass is 127. The molecule has 3 rings (SSSR count). The molecule has 1 aliphatic carbocycles. The molecule has 2 aromatic carbocycles. The summed E-state index contributed by atoms with van der Waals surface area (Å²) in [5.74, 6) is 0. The molecular formula is C16H17IN2. The SMILES string of the molecule is Nc1ccc(Nc2cccc3c2CCCC3)c(I)c1. The first kappa shape index (κ1) is 12.8. The lowest BCUT2D eigenvalue weighted by atomic mass is 9.90. The number of hydrogen-bond acceptors (Lipinski definition) is 2. The van der Waals surface area contributed by atoms with E-state index in [1.54, 1.807) is 0 Å². The van der Waals surface area contributed by atoms with Gasteiger partial charge in [0.05, 0.1) is 5.69 Å². The highest BCUT2D eigenvalue weighted by Crippen LogP contribution is 2.31. The summed E-state index contributed by atoms with van der Waals surface area (Å²) in [5.41, 5.74) is 12.0. The maximum Gasteiger partial charge on any atom is 0.0521 e. The van der Waals surface area contributed by atoms with Crippen LogP contribution < -0.4 is 11.1 Å². The summed E-state index contributed by atoms with van der Waals surface area (Å²) in [6.45, 7) is 0. The largest absolute Gasteiger partial charge is 0.399 e. The molecule has 0 spiro atoms. The number of nitrogens with two attached hydrogens (primary N) is 1. The molecule has 2 aromatic rings. The molecule has 19 heavy (non-hydrogen) atoms. The molecule has 0 unspecified atom stereocenters. The lowest BCUT2D eigenvalue weighted by Crippen LogP contribution is -2.06. The monoisotopic (exact) mass is 364 g/mol. The van der Waals surface area contributed by atoms with Gasteiger partial charge in [-0.2, -0.15) is 0 Å². The van der Waals surface area contributed by atoms with Crippen molar-refractivity contribution in [1.29, 1.82) is 0 Å². The maximum atomic E-state index is 5.80. The van der Waals surface area contributed by atoms with Crippen molar-refractivity contribution in [3.63, 3.8) is 0 Å². The molecule has 0 heterocycles. The first-order valence-corrected chi connectivity index (χ1v) is 7.75.